The summed E-state index contributed by atoms with van der Waals surface area (Å²) in [5.41, 5.74) is 13.6. The van der Waals surface area contributed by atoms with Gasteiger partial charge >= 0.3 is 0 Å². The van der Waals surface area contributed by atoms with Gasteiger partial charge < -0.3 is 26.3 Å². The van der Waals surface area contributed by atoms with Gasteiger partial charge in [0.1, 0.15) is 5.82 Å². The fraction of sp³-hybridized carbons (Fsp3) is 0.261. The van der Waals surface area contributed by atoms with Crippen molar-refractivity contribution in [3.8, 4) is 11.5 Å². The van der Waals surface area contributed by atoms with E-state index < -0.39 is 10.0 Å². The van der Waals surface area contributed by atoms with Gasteiger partial charge in [0.25, 0.3) is 0 Å². The summed E-state index contributed by atoms with van der Waals surface area (Å²) in [4.78, 5) is 19.1. The Bertz CT molecular complexity index is 1280. The molecule has 1 heterocycles. The molecule has 0 bridgehead atoms. The topological polar surface area (TPSA) is 172 Å². The minimum absolute atomic E-state index is 0.104. The zero-order valence-corrected chi connectivity index (χ0v) is 20.3. The van der Waals surface area contributed by atoms with Crippen LogP contribution in [0.1, 0.15) is 24.5 Å². The number of anilines is 3. The number of methoxy groups -OCH3 is 1. The van der Waals surface area contributed by atoms with Crippen LogP contribution < -0.4 is 31.0 Å². The molecule has 1 amide bonds. The number of nitrogen functional groups attached to an aromatic ring is 2. The number of carbonyl (C=O) groups is 1. The predicted molar refractivity (Wildman–Crippen MR) is 133 cm³/mol. The molecule has 11 nitrogen and oxygen atoms in total. The SMILES string of the molecule is COc1ccc(Cc2cnc(N)nc2N)cc1OCCCNS(=O)(=O)c1ccc(NC(C)=O)cc1. The van der Waals surface area contributed by atoms with E-state index in [1.54, 1.807) is 19.4 Å². The number of hydrogen-bond donors (Lipinski definition) is 4. The summed E-state index contributed by atoms with van der Waals surface area (Å²) in [6, 6.07) is 11.4. The second-order valence-electron chi connectivity index (χ2n) is 7.61. The van der Waals surface area contributed by atoms with Gasteiger partial charge in [0.2, 0.25) is 21.9 Å². The minimum Gasteiger partial charge on any atom is -0.493 e. The van der Waals surface area contributed by atoms with Gasteiger partial charge in [-0.3, -0.25) is 4.79 Å². The second-order valence-corrected chi connectivity index (χ2v) is 9.37. The Morgan fingerprint density at radius 2 is 1.83 bits per heavy atom. The highest BCUT2D eigenvalue weighted by Crippen LogP contribution is 2.29. The first-order valence-electron chi connectivity index (χ1n) is 10.7. The maximum absolute atomic E-state index is 12.5. The van der Waals surface area contributed by atoms with Gasteiger partial charge in [-0.15, -0.1) is 0 Å². The van der Waals surface area contributed by atoms with E-state index in [0.29, 0.717) is 35.8 Å². The number of carbonyl (C=O) groups excluding carboxylic acids is 1. The average Bonchev–Trinajstić information content (AvgIpc) is 2.81. The fourth-order valence-electron chi connectivity index (χ4n) is 3.20. The van der Waals surface area contributed by atoms with E-state index in [-0.39, 0.29) is 29.9 Å². The van der Waals surface area contributed by atoms with E-state index >= 15 is 0 Å². The van der Waals surface area contributed by atoms with Crippen LogP contribution in [-0.2, 0) is 21.2 Å². The molecule has 0 atom stereocenters. The lowest BCUT2D eigenvalue weighted by atomic mass is 10.1. The first kappa shape index (κ1) is 25.7. The third-order valence-corrected chi connectivity index (χ3v) is 6.37. The molecule has 35 heavy (non-hydrogen) atoms. The highest BCUT2D eigenvalue weighted by molar-refractivity contribution is 7.89. The Hall–Kier alpha value is -3.90. The van der Waals surface area contributed by atoms with Crippen LogP contribution in [0.2, 0.25) is 0 Å². The van der Waals surface area contributed by atoms with Crippen molar-refractivity contribution >= 4 is 33.4 Å². The van der Waals surface area contributed by atoms with Crippen LogP contribution in [0.3, 0.4) is 0 Å². The number of amides is 1. The Labute approximate surface area is 203 Å². The number of nitrogens with two attached hydrogens (primary N) is 2. The minimum atomic E-state index is -3.69. The normalized spacial score (nSPS) is 11.1. The molecular weight excluding hydrogens is 472 g/mol. The van der Waals surface area contributed by atoms with E-state index in [1.165, 1.54) is 31.2 Å². The quantitative estimate of drug-likeness (QED) is 0.287. The summed E-state index contributed by atoms with van der Waals surface area (Å²) >= 11 is 0. The van der Waals surface area contributed by atoms with Crippen molar-refractivity contribution in [3.63, 3.8) is 0 Å². The van der Waals surface area contributed by atoms with Crippen molar-refractivity contribution in [2.45, 2.75) is 24.7 Å². The number of sulfonamides is 1. The van der Waals surface area contributed by atoms with Crippen LogP contribution >= 0.6 is 0 Å². The standard InChI is InChI=1S/C23H28N6O5S/c1-15(30)28-18-5-7-19(8-6-18)35(31,32)27-10-3-11-34-21-13-16(4-9-20(21)33-2)12-17-14-26-23(25)29-22(17)24/h4-9,13-14,27H,3,10-12H2,1-2H3,(H,28,30)(H4,24,25,26,29). The van der Waals surface area contributed by atoms with Crippen molar-refractivity contribution in [1.29, 1.82) is 0 Å². The summed E-state index contributed by atoms with van der Waals surface area (Å²) in [6.07, 6.45) is 2.49. The van der Waals surface area contributed by atoms with E-state index in [4.69, 9.17) is 20.9 Å². The highest BCUT2D eigenvalue weighted by Gasteiger charge is 2.14. The van der Waals surface area contributed by atoms with Gasteiger partial charge in [-0.2, -0.15) is 4.98 Å². The Morgan fingerprint density at radius 1 is 1.09 bits per heavy atom. The number of nitrogens with one attached hydrogen (secondary N) is 2. The summed E-state index contributed by atoms with van der Waals surface area (Å²) < 4.78 is 38.7. The molecule has 0 unspecified atom stereocenters. The van der Waals surface area contributed by atoms with Crippen LogP contribution in [0.15, 0.2) is 53.6 Å². The number of ether oxygens (including phenoxy) is 2. The van der Waals surface area contributed by atoms with E-state index in [9.17, 15) is 13.2 Å². The van der Waals surface area contributed by atoms with E-state index in [1.807, 2.05) is 12.1 Å². The highest BCUT2D eigenvalue weighted by atomic mass is 32.2. The van der Waals surface area contributed by atoms with Crippen molar-refractivity contribution < 1.29 is 22.7 Å². The molecule has 0 radical (unpaired) electrons. The monoisotopic (exact) mass is 500 g/mol. The third kappa shape index (κ3) is 7.29. The van der Waals surface area contributed by atoms with Gasteiger partial charge in [0.15, 0.2) is 11.5 Å². The van der Waals surface area contributed by atoms with Gasteiger partial charge in [-0.25, -0.2) is 18.1 Å². The summed E-state index contributed by atoms with van der Waals surface area (Å²) in [5, 5.41) is 2.59. The van der Waals surface area contributed by atoms with Gasteiger partial charge in [-0.1, -0.05) is 6.07 Å². The molecule has 0 aliphatic rings. The van der Waals surface area contributed by atoms with Crippen molar-refractivity contribution in [2.24, 2.45) is 0 Å². The maximum Gasteiger partial charge on any atom is 0.240 e. The molecule has 3 aromatic rings. The van der Waals surface area contributed by atoms with Gasteiger partial charge in [0, 0.05) is 37.3 Å². The molecule has 12 heteroatoms. The molecule has 2 aromatic carbocycles. The van der Waals surface area contributed by atoms with Crippen LogP contribution in [0.5, 0.6) is 11.5 Å². The zero-order chi connectivity index (χ0) is 25.4. The van der Waals surface area contributed by atoms with Crippen LogP contribution in [0, 0.1) is 0 Å². The van der Waals surface area contributed by atoms with Crippen LogP contribution in [0.4, 0.5) is 17.5 Å². The summed E-state index contributed by atoms with van der Waals surface area (Å²) in [7, 11) is -2.15. The predicted octanol–water partition coefficient (Wildman–Crippen LogP) is 1.95. The first-order valence-corrected chi connectivity index (χ1v) is 12.2. The lowest BCUT2D eigenvalue weighted by Crippen LogP contribution is -2.25. The number of aromatic nitrogens is 2. The molecule has 0 aliphatic carbocycles. The Morgan fingerprint density at radius 3 is 2.49 bits per heavy atom. The van der Waals surface area contributed by atoms with Crippen LogP contribution in [-0.4, -0.2) is 44.6 Å². The Kier molecular flexibility index (Phi) is 8.44. The average molecular weight is 501 g/mol. The van der Waals surface area contributed by atoms with Crippen molar-refractivity contribution in [3.05, 3.63) is 59.8 Å². The molecule has 1 aromatic heterocycles. The number of nitrogens with zero attached hydrogens (tertiary/aromatic N) is 2. The number of hydrogen-bond acceptors (Lipinski definition) is 9. The molecule has 186 valence electrons. The molecule has 0 saturated carbocycles. The number of rotatable bonds is 11. The third-order valence-electron chi connectivity index (χ3n) is 4.90. The first-order chi connectivity index (χ1) is 16.7. The van der Waals surface area contributed by atoms with Crippen molar-refractivity contribution in [2.75, 3.05) is 37.0 Å². The summed E-state index contributed by atoms with van der Waals surface area (Å²) in [6.45, 7) is 1.82. The largest absolute Gasteiger partial charge is 0.493 e. The molecule has 3 rings (SSSR count). The molecule has 6 N–H and O–H groups in total. The zero-order valence-electron chi connectivity index (χ0n) is 19.4. The molecular formula is C23H28N6O5S. The Balaban J connectivity index is 1.54. The van der Waals surface area contributed by atoms with Crippen molar-refractivity contribution in [1.82, 2.24) is 14.7 Å². The fourth-order valence-corrected chi connectivity index (χ4v) is 4.27. The molecule has 0 fully saturated rings. The summed E-state index contributed by atoms with van der Waals surface area (Å²) in [5.74, 6) is 1.27. The maximum atomic E-state index is 12.5. The molecule has 0 aliphatic heterocycles. The van der Waals surface area contributed by atoms with Crippen LogP contribution in [0.25, 0.3) is 0 Å². The second kappa shape index (κ2) is 11.5. The smallest absolute Gasteiger partial charge is 0.240 e. The van der Waals surface area contributed by atoms with E-state index in [2.05, 4.69) is 20.0 Å². The number of benzene rings is 2. The molecule has 0 spiro atoms. The molecule has 0 saturated heterocycles. The van der Waals surface area contributed by atoms with Gasteiger partial charge in [-0.05, 0) is 48.4 Å². The van der Waals surface area contributed by atoms with Gasteiger partial charge in [0.05, 0.1) is 18.6 Å². The lowest BCUT2D eigenvalue weighted by molar-refractivity contribution is -0.114. The lowest BCUT2D eigenvalue weighted by Gasteiger charge is -2.13. The van der Waals surface area contributed by atoms with E-state index in [0.717, 1.165) is 11.1 Å².